The molecule has 2 aromatic carbocycles. The van der Waals surface area contributed by atoms with Crippen LogP contribution in [-0.2, 0) is 4.74 Å². The van der Waals surface area contributed by atoms with Gasteiger partial charge >= 0.3 is 0 Å². The van der Waals surface area contributed by atoms with Crippen molar-refractivity contribution >= 4 is 30.3 Å². The Hall–Kier alpha value is -0.900. The van der Waals surface area contributed by atoms with Crippen molar-refractivity contribution in [3.63, 3.8) is 0 Å². The first-order chi connectivity index (χ1) is 15.7. The van der Waals surface area contributed by atoms with Crippen LogP contribution in [0.3, 0.4) is 0 Å². The van der Waals surface area contributed by atoms with E-state index < -0.39 is 7.92 Å². The fourth-order valence-corrected chi connectivity index (χ4v) is 8.19. The summed E-state index contributed by atoms with van der Waals surface area (Å²) < 4.78 is 5.54. The Morgan fingerprint density at radius 3 is 2.31 bits per heavy atom. The molecule has 5 radical (unpaired) electrons. The topological polar surface area (TPSA) is 24.5 Å². The Morgan fingerprint density at radius 2 is 1.72 bits per heavy atom. The molecular formula is C27H34N2OPS. The van der Waals surface area contributed by atoms with E-state index in [4.69, 9.17) is 4.74 Å². The lowest BCUT2D eigenvalue weighted by Gasteiger charge is -2.41. The van der Waals surface area contributed by atoms with Crippen molar-refractivity contribution in [2.45, 2.75) is 37.5 Å². The van der Waals surface area contributed by atoms with Crippen LogP contribution in [0.1, 0.15) is 19.8 Å². The molecule has 3 atom stereocenters. The fourth-order valence-electron chi connectivity index (χ4n) is 4.79. The molecule has 2 aliphatic rings. The number of hydrazine groups is 1. The van der Waals surface area contributed by atoms with E-state index in [1.807, 2.05) is 18.9 Å². The molecular weight excluding hydrogens is 431 g/mol. The molecule has 0 spiro atoms. The van der Waals surface area contributed by atoms with E-state index in [0.29, 0.717) is 11.7 Å². The highest BCUT2D eigenvalue weighted by molar-refractivity contribution is 8.01. The zero-order valence-electron chi connectivity index (χ0n) is 19.3. The van der Waals surface area contributed by atoms with Gasteiger partial charge in [0.1, 0.15) is 0 Å². The molecule has 1 saturated carbocycles. The van der Waals surface area contributed by atoms with Crippen LogP contribution < -0.4 is 16.0 Å². The normalized spacial score (nSPS) is 22.6. The Labute approximate surface area is 200 Å². The molecule has 2 aromatic rings. The van der Waals surface area contributed by atoms with Gasteiger partial charge in [0.25, 0.3) is 0 Å². The summed E-state index contributed by atoms with van der Waals surface area (Å²) in [6.45, 7) is 4.28. The quantitative estimate of drug-likeness (QED) is 0.519. The van der Waals surface area contributed by atoms with E-state index in [9.17, 15) is 0 Å². The van der Waals surface area contributed by atoms with Crippen LogP contribution in [-0.4, -0.2) is 49.3 Å². The zero-order chi connectivity index (χ0) is 22.3. The zero-order valence-corrected chi connectivity index (χ0v) is 21.0. The standard InChI is InChI=1S/C27H34N2OPS/c1-21(31(23-13-6-4-7-14-23)24-15-8-5-9-16-24)27(25-17-10-18-26(25)32-3)28-29-19-11-12-22(29)20-30-2/h4-10,13-18,21-22,27-28H,11-12,19-20H2,1-3H3/t21-,22+,27+/m1/s1. The van der Waals surface area contributed by atoms with Crippen LogP contribution >= 0.6 is 19.7 Å². The van der Waals surface area contributed by atoms with Gasteiger partial charge in [-0.1, -0.05) is 67.6 Å². The summed E-state index contributed by atoms with van der Waals surface area (Å²) >= 11 is 1.84. The molecule has 0 unspecified atom stereocenters. The van der Waals surface area contributed by atoms with Crippen molar-refractivity contribution in [1.29, 1.82) is 0 Å². The number of nitrogens with one attached hydrogen (secondary N) is 1. The molecule has 4 rings (SSSR count). The largest absolute Gasteiger partial charge is 0.383 e. The average Bonchev–Trinajstić information content (AvgIpc) is 3.48. The molecule has 1 aliphatic heterocycles. The van der Waals surface area contributed by atoms with Gasteiger partial charge in [0, 0.05) is 42.6 Å². The third-order valence-corrected chi connectivity index (χ3v) is 10.00. The smallest absolute Gasteiger partial charge is 0.0632 e. The van der Waals surface area contributed by atoms with Crippen molar-refractivity contribution in [3.05, 3.63) is 91.1 Å². The van der Waals surface area contributed by atoms with Crippen molar-refractivity contribution < 1.29 is 4.74 Å². The van der Waals surface area contributed by atoms with Gasteiger partial charge in [-0.3, -0.25) is 5.43 Å². The predicted octanol–water partition coefficient (Wildman–Crippen LogP) is 4.59. The maximum atomic E-state index is 5.54. The third-order valence-electron chi connectivity index (χ3n) is 6.36. The first-order valence-electron chi connectivity index (χ1n) is 11.4. The van der Waals surface area contributed by atoms with Crippen molar-refractivity contribution in [2.75, 3.05) is 26.5 Å². The minimum atomic E-state index is -0.546. The summed E-state index contributed by atoms with van der Waals surface area (Å²) in [6, 6.07) is 22.8. The van der Waals surface area contributed by atoms with Gasteiger partial charge in [0.15, 0.2) is 0 Å². The molecule has 1 heterocycles. The van der Waals surface area contributed by atoms with Gasteiger partial charge in [0.05, 0.1) is 6.61 Å². The Bertz CT molecular complexity index is 768. The van der Waals surface area contributed by atoms with Crippen molar-refractivity contribution in [2.24, 2.45) is 0 Å². The molecule has 1 aliphatic carbocycles. The van der Waals surface area contributed by atoms with E-state index in [0.717, 1.165) is 13.2 Å². The van der Waals surface area contributed by atoms with E-state index >= 15 is 0 Å². The van der Waals surface area contributed by atoms with Crippen LogP contribution in [0.25, 0.3) is 0 Å². The first-order valence-corrected chi connectivity index (χ1v) is 14.1. The van der Waals surface area contributed by atoms with Gasteiger partial charge in [-0.25, -0.2) is 5.01 Å². The van der Waals surface area contributed by atoms with Gasteiger partial charge < -0.3 is 4.74 Å². The van der Waals surface area contributed by atoms with Crippen LogP contribution in [0.5, 0.6) is 0 Å². The summed E-state index contributed by atoms with van der Waals surface area (Å²) in [5, 5.41) is 6.68. The molecule has 5 heteroatoms. The molecule has 1 saturated heterocycles. The molecule has 0 bridgehead atoms. The van der Waals surface area contributed by atoms with Crippen molar-refractivity contribution in [3.8, 4) is 0 Å². The van der Waals surface area contributed by atoms with Gasteiger partial charge in [0.2, 0.25) is 0 Å². The lowest BCUT2D eigenvalue weighted by molar-refractivity contribution is 0.0734. The number of hydrogen-bond acceptors (Lipinski definition) is 4. The monoisotopic (exact) mass is 465 g/mol. The van der Waals surface area contributed by atoms with Crippen molar-refractivity contribution in [1.82, 2.24) is 10.4 Å². The molecule has 1 N–H and O–H groups in total. The first kappa shape index (κ1) is 24.2. The molecule has 32 heavy (non-hydrogen) atoms. The van der Waals surface area contributed by atoms with E-state index in [-0.39, 0.29) is 6.04 Å². The Balaban J connectivity index is 1.67. The van der Waals surface area contributed by atoms with Crippen LogP contribution in [0.2, 0.25) is 0 Å². The summed E-state index contributed by atoms with van der Waals surface area (Å²) in [5.41, 5.74) is 4.41. The second kappa shape index (κ2) is 12.0. The highest BCUT2D eigenvalue weighted by atomic mass is 32.2. The van der Waals surface area contributed by atoms with E-state index in [1.165, 1.54) is 34.6 Å². The molecule has 2 fully saturated rings. The van der Waals surface area contributed by atoms with E-state index in [1.54, 1.807) is 0 Å². The second-order valence-corrected chi connectivity index (χ2v) is 11.8. The number of rotatable bonds is 10. The SMILES string of the molecule is COC[C@@H]1CCCN1N[C@H]([C]1[CH][CH][CH][C]1SC)[C@@H](C)P(c1ccccc1)c1ccccc1. The number of thioether (sulfide) groups is 1. The lowest BCUT2D eigenvalue weighted by Crippen LogP contribution is -2.55. The highest BCUT2D eigenvalue weighted by Crippen LogP contribution is 2.49. The van der Waals surface area contributed by atoms with Crippen LogP contribution in [0, 0.1) is 30.4 Å². The van der Waals surface area contributed by atoms with E-state index in [2.05, 4.69) is 104 Å². The fraction of sp³-hybridized carbons (Fsp3) is 0.370. The third kappa shape index (κ3) is 5.59. The maximum absolute atomic E-state index is 5.54. The number of methoxy groups -OCH3 is 1. The number of hydrogen-bond donors (Lipinski definition) is 1. The minimum absolute atomic E-state index is 0.233. The molecule has 0 aromatic heterocycles. The minimum Gasteiger partial charge on any atom is -0.383 e. The van der Waals surface area contributed by atoms with Gasteiger partial charge in [-0.2, -0.15) is 11.8 Å². The summed E-state index contributed by atoms with van der Waals surface area (Å²) in [4.78, 5) is 0. The summed E-state index contributed by atoms with van der Waals surface area (Å²) in [7, 11) is 1.26. The predicted molar refractivity (Wildman–Crippen MR) is 140 cm³/mol. The Kier molecular flexibility index (Phi) is 9.08. The highest BCUT2D eigenvalue weighted by Gasteiger charge is 2.42. The van der Waals surface area contributed by atoms with Gasteiger partial charge in [-0.15, -0.1) is 0 Å². The molecule has 3 nitrogen and oxygen atoms in total. The molecule has 169 valence electrons. The average molecular weight is 466 g/mol. The Morgan fingerprint density at radius 1 is 1.06 bits per heavy atom. The number of nitrogens with zero attached hydrogens (tertiary/aromatic N) is 1. The molecule has 0 amide bonds. The van der Waals surface area contributed by atoms with Crippen LogP contribution in [0.4, 0.5) is 0 Å². The van der Waals surface area contributed by atoms with Gasteiger partial charge in [-0.05, 0) is 56.9 Å². The summed E-state index contributed by atoms with van der Waals surface area (Å²) in [6.07, 6.45) is 11.3. The summed E-state index contributed by atoms with van der Waals surface area (Å²) in [5.74, 6) is 1.41. The number of benzene rings is 2. The van der Waals surface area contributed by atoms with Crippen LogP contribution in [0.15, 0.2) is 60.7 Å². The second-order valence-electron chi connectivity index (χ2n) is 8.38. The number of ether oxygens (including phenoxy) is 1. The lowest BCUT2D eigenvalue weighted by atomic mass is 9.95. The maximum Gasteiger partial charge on any atom is 0.0632 e.